The first-order chi connectivity index (χ1) is 10.0. The molecule has 0 amide bonds. The van der Waals surface area contributed by atoms with Crippen LogP contribution in [-0.2, 0) is 4.74 Å². The monoisotopic (exact) mass is 294 g/mol. The highest BCUT2D eigenvalue weighted by molar-refractivity contribution is 5.43. The predicted octanol–water partition coefficient (Wildman–Crippen LogP) is 1.74. The summed E-state index contributed by atoms with van der Waals surface area (Å²) in [6.45, 7) is 6.69. The molecular weight excluding hydrogens is 268 g/mol. The highest BCUT2D eigenvalue weighted by atomic mass is 16.5. The minimum Gasteiger partial charge on any atom is -0.377 e. The predicted molar refractivity (Wildman–Crippen MR) is 85.0 cm³/mol. The summed E-state index contributed by atoms with van der Waals surface area (Å²) in [6.07, 6.45) is 3.67. The van der Waals surface area contributed by atoms with Crippen molar-refractivity contribution in [3.05, 3.63) is 0 Å². The molecule has 0 radical (unpaired) electrons. The summed E-state index contributed by atoms with van der Waals surface area (Å²) in [5, 5.41) is 6.23. The zero-order chi connectivity index (χ0) is 15.3. The van der Waals surface area contributed by atoms with Crippen LogP contribution in [0, 0.1) is 0 Å². The Bertz CT molecular complexity index is 459. The van der Waals surface area contributed by atoms with Crippen LogP contribution in [0.2, 0.25) is 0 Å². The fourth-order valence-electron chi connectivity index (χ4n) is 2.16. The van der Waals surface area contributed by atoms with Crippen molar-refractivity contribution in [2.24, 2.45) is 0 Å². The van der Waals surface area contributed by atoms with Crippen LogP contribution in [0.4, 0.5) is 17.8 Å². The quantitative estimate of drug-likeness (QED) is 0.827. The number of nitrogens with zero attached hydrogens (tertiary/aromatic N) is 4. The third kappa shape index (κ3) is 4.42. The third-order valence-corrected chi connectivity index (χ3v) is 3.71. The lowest BCUT2D eigenvalue weighted by atomic mass is 10.1. The normalized spacial score (nSPS) is 15.9. The van der Waals surface area contributed by atoms with E-state index in [-0.39, 0.29) is 5.60 Å². The molecular formula is C14H26N6O. The molecule has 0 atom stereocenters. The Hall–Kier alpha value is -1.63. The zero-order valence-electron chi connectivity index (χ0n) is 13.4. The van der Waals surface area contributed by atoms with Crippen LogP contribution in [0.1, 0.15) is 33.1 Å². The van der Waals surface area contributed by atoms with Crippen molar-refractivity contribution in [1.82, 2.24) is 15.0 Å². The molecule has 0 aromatic carbocycles. The Kier molecular flexibility index (Phi) is 5.17. The molecule has 1 aromatic heterocycles. The van der Waals surface area contributed by atoms with E-state index in [0.29, 0.717) is 18.4 Å². The first-order valence-corrected chi connectivity index (χ1v) is 7.52. The molecule has 1 saturated heterocycles. The summed E-state index contributed by atoms with van der Waals surface area (Å²) in [7, 11) is 3.52. The van der Waals surface area contributed by atoms with Crippen LogP contribution in [-0.4, -0.2) is 54.3 Å². The molecule has 1 fully saturated rings. The summed E-state index contributed by atoms with van der Waals surface area (Å²) in [5.74, 6) is 1.91. The Labute approximate surface area is 126 Å². The van der Waals surface area contributed by atoms with Gasteiger partial charge in [0, 0.05) is 33.8 Å². The molecule has 118 valence electrons. The number of hydrogen-bond acceptors (Lipinski definition) is 7. The lowest BCUT2D eigenvalue weighted by Crippen LogP contribution is -2.34. The van der Waals surface area contributed by atoms with E-state index in [2.05, 4.69) is 30.5 Å². The number of hydrogen-bond donors (Lipinski definition) is 2. The summed E-state index contributed by atoms with van der Waals surface area (Å²) >= 11 is 0. The largest absolute Gasteiger partial charge is 0.377 e. The lowest BCUT2D eigenvalue weighted by Gasteiger charge is -2.27. The molecule has 2 heterocycles. The van der Waals surface area contributed by atoms with Gasteiger partial charge in [-0.1, -0.05) is 0 Å². The van der Waals surface area contributed by atoms with E-state index in [9.17, 15) is 0 Å². The van der Waals surface area contributed by atoms with Gasteiger partial charge in [-0.25, -0.2) is 0 Å². The van der Waals surface area contributed by atoms with E-state index in [0.717, 1.165) is 19.0 Å². The first-order valence-electron chi connectivity index (χ1n) is 7.52. The van der Waals surface area contributed by atoms with E-state index in [4.69, 9.17) is 4.74 Å². The summed E-state index contributed by atoms with van der Waals surface area (Å²) in [4.78, 5) is 15.6. The van der Waals surface area contributed by atoms with Crippen molar-refractivity contribution in [3.8, 4) is 0 Å². The summed E-state index contributed by atoms with van der Waals surface area (Å²) in [5.41, 5.74) is -0.266. The molecule has 0 aliphatic carbocycles. The van der Waals surface area contributed by atoms with Crippen molar-refractivity contribution in [3.63, 3.8) is 0 Å². The topological polar surface area (TPSA) is 75.2 Å². The fraction of sp³-hybridized carbons (Fsp3) is 0.786. The van der Waals surface area contributed by atoms with Crippen molar-refractivity contribution in [1.29, 1.82) is 0 Å². The molecule has 0 unspecified atom stereocenters. The SMILES string of the molecule is CNc1nc(NCC(C)(C)OC)nc(N2CCCCC2)n1. The van der Waals surface area contributed by atoms with E-state index in [1.165, 1.54) is 19.3 Å². The molecule has 1 aliphatic heterocycles. The maximum Gasteiger partial charge on any atom is 0.231 e. The highest BCUT2D eigenvalue weighted by Gasteiger charge is 2.19. The van der Waals surface area contributed by atoms with Crippen molar-refractivity contribution in [2.45, 2.75) is 38.7 Å². The molecule has 1 aliphatic rings. The van der Waals surface area contributed by atoms with Gasteiger partial charge in [0.25, 0.3) is 0 Å². The second-order valence-corrected chi connectivity index (χ2v) is 5.90. The Balaban J connectivity index is 2.13. The van der Waals surface area contributed by atoms with Crippen LogP contribution in [0.15, 0.2) is 0 Å². The summed E-state index contributed by atoms with van der Waals surface area (Å²) < 4.78 is 5.40. The number of ether oxygens (including phenoxy) is 1. The third-order valence-electron chi connectivity index (χ3n) is 3.71. The van der Waals surface area contributed by atoms with Crippen molar-refractivity contribution >= 4 is 17.8 Å². The average molecular weight is 294 g/mol. The molecule has 2 rings (SSSR count). The van der Waals surface area contributed by atoms with E-state index >= 15 is 0 Å². The second-order valence-electron chi connectivity index (χ2n) is 5.90. The van der Waals surface area contributed by atoms with Gasteiger partial charge in [0.2, 0.25) is 17.8 Å². The van der Waals surface area contributed by atoms with Gasteiger partial charge >= 0.3 is 0 Å². The Morgan fingerprint density at radius 1 is 1.10 bits per heavy atom. The van der Waals surface area contributed by atoms with Crippen LogP contribution >= 0.6 is 0 Å². The molecule has 0 bridgehead atoms. The van der Waals surface area contributed by atoms with Gasteiger partial charge in [-0.05, 0) is 33.1 Å². The number of methoxy groups -OCH3 is 1. The average Bonchev–Trinajstić information content (AvgIpc) is 2.53. The van der Waals surface area contributed by atoms with E-state index < -0.39 is 0 Å². The second kappa shape index (κ2) is 6.89. The molecule has 0 spiro atoms. The van der Waals surface area contributed by atoms with Crippen molar-refractivity contribution < 1.29 is 4.74 Å². The van der Waals surface area contributed by atoms with Gasteiger partial charge in [-0.3, -0.25) is 0 Å². The Morgan fingerprint density at radius 2 is 1.76 bits per heavy atom. The molecule has 0 saturated carbocycles. The number of anilines is 3. The van der Waals surface area contributed by atoms with Gasteiger partial charge in [-0.2, -0.15) is 15.0 Å². The van der Waals surface area contributed by atoms with Crippen LogP contribution < -0.4 is 15.5 Å². The minimum absolute atomic E-state index is 0.266. The van der Waals surface area contributed by atoms with Crippen LogP contribution in [0.3, 0.4) is 0 Å². The molecule has 21 heavy (non-hydrogen) atoms. The van der Waals surface area contributed by atoms with Crippen LogP contribution in [0.25, 0.3) is 0 Å². The molecule has 7 nitrogen and oxygen atoms in total. The number of nitrogens with one attached hydrogen (secondary N) is 2. The van der Waals surface area contributed by atoms with Crippen LogP contribution in [0.5, 0.6) is 0 Å². The lowest BCUT2D eigenvalue weighted by molar-refractivity contribution is 0.0342. The van der Waals surface area contributed by atoms with Gasteiger partial charge < -0.3 is 20.3 Å². The van der Waals surface area contributed by atoms with Gasteiger partial charge in [0.1, 0.15) is 0 Å². The minimum atomic E-state index is -0.266. The molecule has 7 heteroatoms. The number of aromatic nitrogens is 3. The number of piperidine rings is 1. The molecule has 1 aromatic rings. The summed E-state index contributed by atoms with van der Waals surface area (Å²) in [6, 6.07) is 0. The van der Waals surface area contributed by atoms with E-state index in [1.54, 1.807) is 7.11 Å². The molecule has 2 N–H and O–H groups in total. The van der Waals surface area contributed by atoms with Gasteiger partial charge in [0.05, 0.1) is 5.60 Å². The first kappa shape index (κ1) is 15.8. The van der Waals surface area contributed by atoms with E-state index in [1.807, 2.05) is 20.9 Å². The maximum absolute atomic E-state index is 5.40. The number of rotatable bonds is 6. The van der Waals surface area contributed by atoms with Crippen molar-refractivity contribution in [2.75, 3.05) is 49.3 Å². The maximum atomic E-state index is 5.40. The Morgan fingerprint density at radius 3 is 2.38 bits per heavy atom. The van der Waals surface area contributed by atoms with Gasteiger partial charge in [0.15, 0.2) is 0 Å². The van der Waals surface area contributed by atoms with Gasteiger partial charge in [-0.15, -0.1) is 0 Å². The standard InChI is InChI=1S/C14H26N6O/c1-14(2,21-4)10-16-12-17-11(15-3)18-13(19-12)20-8-6-5-7-9-20/h5-10H2,1-4H3,(H2,15,16,17,18,19). The highest BCUT2D eigenvalue weighted by Crippen LogP contribution is 2.19. The zero-order valence-corrected chi connectivity index (χ0v) is 13.4. The fourth-order valence-corrected chi connectivity index (χ4v) is 2.16. The smallest absolute Gasteiger partial charge is 0.231 e.